The van der Waals surface area contributed by atoms with Gasteiger partial charge in [0, 0.05) is 6.54 Å². The van der Waals surface area contributed by atoms with Crippen LogP contribution in [0, 0.1) is 5.92 Å². The topological polar surface area (TPSA) is 68.3 Å². The normalized spacial score (nSPS) is 12.4. The number of hydrogen-bond donors (Lipinski definition) is 2. The number of hydrogen-bond acceptors (Lipinski definition) is 3. The standard InChI is InChI=1S/C14H24N2O2/c1-3-5-6-11(4-2)10-16-14(17)13-8-7-12(9-15)18-13/h7-8,11H,3-6,9-10,15H2,1-2H3,(H,16,17). The Bertz CT molecular complexity index is 360. The van der Waals surface area contributed by atoms with Crippen LogP contribution in [0.5, 0.6) is 0 Å². The van der Waals surface area contributed by atoms with Crippen molar-refractivity contribution in [2.75, 3.05) is 6.54 Å². The summed E-state index contributed by atoms with van der Waals surface area (Å²) < 4.78 is 5.30. The van der Waals surface area contributed by atoms with E-state index in [-0.39, 0.29) is 5.91 Å². The van der Waals surface area contributed by atoms with E-state index >= 15 is 0 Å². The van der Waals surface area contributed by atoms with Crippen LogP contribution in [0.2, 0.25) is 0 Å². The third kappa shape index (κ3) is 4.53. The summed E-state index contributed by atoms with van der Waals surface area (Å²) >= 11 is 0. The summed E-state index contributed by atoms with van der Waals surface area (Å²) in [7, 11) is 0. The minimum absolute atomic E-state index is 0.148. The van der Waals surface area contributed by atoms with Crippen molar-refractivity contribution in [1.82, 2.24) is 5.32 Å². The van der Waals surface area contributed by atoms with Crippen molar-refractivity contribution in [2.45, 2.75) is 46.1 Å². The van der Waals surface area contributed by atoms with Gasteiger partial charge in [0.1, 0.15) is 5.76 Å². The summed E-state index contributed by atoms with van der Waals surface area (Å²) in [5.74, 6) is 1.39. The fourth-order valence-corrected chi connectivity index (χ4v) is 1.88. The van der Waals surface area contributed by atoms with Gasteiger partial charge in [-0.05, 0) is 24.5 Å². The summed E-state index contributed by atoms with van der Waals surface area (Å²) in [6.45, 7) is 5.38. The van der Waals surface area contributed by atoms with E-state index in [0.29, 0.717) is 30.5 Å². The zero-order valence-electron chi connectivity index (χ0n) is 11.4. The molecule has 0 aliphatic rings. The largest absolute Gasteiger partial charge is 0.455 e. The first-order valence-corrected chi connectivity index (χ1v) is 6.78. The van der Waals surface area contributed by atoms with E-state index in [4.69, 9.17) is 10.2 Å². The predicted octanol–water partition coefficient (Wildman–Crippen LogP) is 2.68. The minimum atomic E-state index is -0.148. The second kappa shape index (κ2) is 7.93. The SMILES string of the molecule is CCCCC(CC)CNC(=O)c1ccc(CN)o1. The molecule has 1 heterocycles. The second-order valence-electron chi connectivity index (χ2n) is 4.60. The molecule has 1 aromatic heterocycles. The first kappa shape index (κ1) is 14.8. The van der Waals surface area contributed by atoms with E-state index in [0.717, 1.165) is 6.42 Å². The minimum Gasteiger partial charge on any atom is -0.455 e. The fourth-order valence-electron chi connectivity index (χ4n) is 1.88. The molecule has 0 aliphatic heterocycles. The first-order valence-electron chi connectivity index (χ1n) is 6.78. The van der Waals surface area contributed by atoms with Crippen LogP contribution in [-0.4, -0.2) is 12.5 Å². The average molecular weight is 252 g/mol. The molecule has 1 amide bonds. The number of unbranched alkanes of at least 4 members (excludes halogenated alkanes) is 1. The molecule has 0 spiro atoms. The number of amides is 1. The predicted molar refractivity (Wildman–Crippen MR) is 72.2 cm³/mol. The molecule has 3 N–H and O–H groups in total. The van der Waals surface area contributed by atoms with Crippen molar-refractivity contribution in [1.29, 1.82) is 0 Å². The molecule has 18 heavy (non-hydrogen) atoms. The summed E-state index contributed by atoms with van der Waals surface area (Å²) in [5.41, 5.74) is 5.44. The maximum atomic E-state index is 11.8. The van der Waals surface area contributed by atoms with Crippen molar-refractivity contribution in [3.63, 3.8) is 0 Å². The summed E-state index contributed by atoms with van der Waals surface area (Å²) in [4.78, 5) is 11.8. The Hall–Kier alpha value is -1.29. The Kier molecular flexibility index (Phi) is 6.50. The number of rotatable bonds is 8. The number of furan rings is 1. The molecule has 0 bridgehead atoms. The molecule has 1 rings (SSSR count). The quantitative estimate of drug-likeness (QED) is 0.747. The highest BCUT2D eigenvalue weighted by atomic mass is 16.4. The molecule has 102 valence electrons. The molecule has 0 saturated heterocycles. The molecule has 4 heteroatoms. The van der Waals surface area contributed by atoms with Gasteiger partial charge in [0.25, 0.3) is 5.91 Å². The van der Waals surface area contributed by atoms with E-state index in [9.17, 15) is 4.79 Å². The lowest BCUT2D eigenvalue weighted by Gasteiger charge is -2.14. The van der Waals surface area contributed by atoms with Crippen molar-refractivity contribution in [3.05, 3.63) is 23.7 Å². The Labute approximate surface area is 109 Å². The Morgan fingerprint density at radius 2 is 2.22 bits per heavy atom. The van der Waals surface area contributed by atoms with E-state index in [2.05, 4.69) is 19.2 Å². The van der Waals surface area contributed by atoms with Crippen LogP contribution in [-0.2, 0) is 6.54 Å². The Balaban J connectivity index is 2.39. The summed E-state index contributed by atoms with van der Waals surface area (Å²) in [6, 6.07) is 3.41. The van der Waals surface area contributed by atoms with Crippen LogP contribution in [0.4, 0.5) is 0 Å². The highest BCUT2D eigenvalue weighted by Gasteiger charge is 2.12. The van der Waals surface area contributed by atoms with Gasteiger partial charge < -0.3 is 15.5 Å². The van der Waals surface area contributed by atoms with E-state index in [1.807, 2.05) is 0 Å². The maximum Gasteiger partial charge on any atom is 0.287 e. The maximum absolute atomic E-state index is 11.8. The van der Waals surface area contributed by atoms with Crippen molar-refractivity contribution < 1.29 is 9.21 Å². The average Bonchev–Trinajstić information content (AvgIpc) is 2.87. The summed E-state index contributed by atoms with van der Waals surface area (Å²) in [6.07, 6.45) is 4.67. The zero-order valence-corrected chi connectivity index (χ0v) is 11.4. The van der Waals surface area contributed by atoms with Crippen LogP contribution in [0.25, 0.3) is 0 Å². The lowest BCUT2D eigenvalue weighted by molar-refractivity contribution is 0.0916. The molecular formula is C14H24N2O2. The van der Waals surface area contributed by atoms with Gasteiger partial charge in [-0.25, -0.2) is 0 Å². The highest BCUT2D eigenvalue weighted by molar-refractivity contribution is 5.91. The van der Waals surface area contributed by atoms with Crippen LogP contribution < -0.4 is 11.1 Å². The van der Waals surface area contributed by atoms with Gasteiger partial charge in [-0.1, -0.05) is 33.1 Å². The van der Waals surface area contributed by atoms with Gasteiger partial charge in [-0.2, -0.15) is 0 Å². The second-order valence-corrected chi connectivity index (χ2v) is 4.60. The van der Waals surface area contributed by atoms with Gasteiger partial charge in [0.05, 0.1) is 6.54 Å². The lowest BCUT2D eigenvalue weighted by Crippen LogP contribution is -2.28. The van der Waals surface area contributed by atoms with Crippen molar-refractivity contribution in [3.8, 4) is 0 Å². The molecule has 0 radical (unpaired) electrons. The third-order valence-corrected chi connectivity index (χ3v) is 3.18. The molecule has 4 nitrogen and oxygen atoms in total. The van der Waals surface area contributed by atoms with Gasteiger partial charge in [0.15, 0.2) is 5.76 Å². The Morgan fingerprint density at radius 3 is 2.78 bits per heavy atom. The molecular weight excluding hydrogens is 228 g/mol. The zero-order chi connectivity index (χ0) is 13.4. The van der Waals surface area contributed by atoms with Crippen LogP contribution >= 0.6 is 0 Å². The number of carbonyl (C=O) groups is 1. The van der Waals surface area contributed by atoms with Gasteiger partial charge in [-0.15, -0.1) is 0 Å². The van der Waals surface area contributed by atoms with E-state index in [1.165, 1.54) is 19.3 Å². The van der Waals surface area contributed by atoms with E-state index in [1.54, 1.807) is 12.1 Å². The molecule has 0 fully saturated rings. The first-order chi connectivity index (χ1) is 8.71. The van der Waals surface area contributed by atoms with Gasteiger partial charge in [-0.3, -0.25) is 4.79 Å². The molecule has 0 aliphatic carbocycles. The fraction of sp³-hybridized carbons (Fsp3) is 0.643. The third-order valence-electron chi connectivity index (χ3n) is 3.18. The smallest absolute Gasteiger partial charge is 0.287 e. The van der Waals surface area contributed by atoms with Gasteiger partial charge in [0.2, 0.25) is 0 Å². The molecule has 0 saturated carbocycles. The number of carbonyl (C=O) groups excluding carboxylic acids is 1. The summed E-state index contributed by atoms with van der Waals surface area (Å²) in [5, 5.41) is 2.92. The molecule has 0 aromatic carbocycles. The number of nitrogens with one attached hydrogen (secondary N) is 1. The van der Waals surface area contributed by atoms with Crippen LogP contribution in [0.1, 0.15) is 55.8 Å². The monoisotopic (exact) mass is 252 g/mol. The molecule has 1 aromatic rings. The highest BCUT2D eigenvalue weighted by Crippen LogP contribution is 2.12. The van der Waals surface area contributed by atoms with Crippen molar-refractivity contribution >= 4 is 5.91 Å². The van der Waals surface area contributed by atoms with Crippen molar-refractivity contribution in [2.24, 2.45) is 11.7 Å². The molecule has 1 atom stereocenters. The van der Waals surface area contributed by atoms with E-state index < -0.39 is 0 Å². The Morgan fingerprint density at radius 1 is 1.44 bits per heavy atom. The lowest BCUT2D eigenvalue weighted by atomic mass is 9.99. The molecule has 1 unspecified atom stereocenters. The van der Waals surface area contributed by atoms with Gasteiger partial charge >= 0.3 is 0 Å². The number of nitrogens with two attached hydrogens (primary N) is 1. The van der Waals surface area contributed by atoms with Crippen LogP contribution in [0.15, 0.2) is 16.5 Å². The van der Waals surface area contributed by atoms with Crippen LogP contribution in [0.3, 0.4) is 0 Å².